The Morgan fingerprint density at radius 3 is 2.32 bits per heavy atom. The van der Waals surface area contributed by atoms with E-state index in [1.807, 2.05) is 32.9 Å². The first-order chi connectivity index (χ1) is 18.3. The first-order valence-corrected chi connectivity index (χ1v) is 12.7. The number of amides is 2. The van der Waals surface area contributed by atoms with Crippen molar-refractivity contribution in [3.05, 3.63) is 117 Å². The highest BCUT2D eigenvalue weighted by molar-refractivity contribution is 5.96. The maximum atomic E-state index is 13.7. The third kappa shape index (κ3) is 6.17. The Hall–Kier alpha value is -4.26. The highest BCUT2D eigenvalue weighted by Gasteiger charge is 2.26. The number of aryl methyl sites for hydroxylation is 1. The van der Waals surface area contributed by atoms with Gasteiger partial charge in [0, 0.05) is 18.2 Å². The molecule has 0 N–H and O–H groups in total. The maximum Gasteiger partial charge on any atom is 0.254 e. The fourth-order valence-electron chi connectivity index (χ4n) is 4.23. The second-order valence-corrected chi connectivity index (χ2v) is 9.52. The average Bonchev–Trinajstić information content (AvgIpc) is 2.93. The van der Waals surface area contributed by atoms with Crippen LogP contribution >= 0.6 is 0 Å². The van der Waals surface area contributed by atoms with E-state index in [-0.39, 0.29) is 48.7 Å². The number of nitrogens with zero attached hydrogens (tertiary/aromatic N) is 2. The van der Waals surface area contributed by atoms with E-state index in [0.29, 0.717) is 34.1 Å². The van der Waals surface area contributed by atoms with Crippen molar-refractivity contribution < 1.29 is 18.4 Å². The summed E-state index contributed by atoms with van der Waals surface area (Å²) in [7, 11) is 0. The number of carbonyl (C=O) groups excluding carboxylic acids is 2. The van der Waals surface area contributed by atoms with E-state index < -0.39 is 0 Å². The van der Waals surface area contributed by atoms with E-state index in [2.05, 4.69) is 0 Å². The number of halogens is 1. The van der Waals surface area contributed by atoms with Gasteiger partial charge in [-0.1, -0.05) is 48.9 Å². The summed E-state index contributed by atoms with van der Waals surface area (Å²) in [5.74, 6) is -0.948. The van der Waals surface area contributed by atoms with Crippen LogP contribution in [0.15, 0.2) is 88.3 Å². The Bertz CT molecular complexity index is 1480. The molecule has 4 aromatic rings. The van der Waals surface area contributed by atoms with Crippen LogP contribution in [0.25, 0.3) is 11.0 Å². The molecule has 1 unspecified atom stereocenters. The van der Waals surface area contributed by atoms with Crippen molar-refractivity contribution in [1.29, 1.82) is 0 Å². The fraction of sp³-hybridized carbons (Fsp3) is 0.258. The van der Waals surface area contributed by atoms with Crippen molar-refractivity contribution in [1.82, 2.24) is 9.80 Å². The molecule has 7 heteroatoms. The summed E-state index contributed by atoms with van der Waals surface area (Å²) in [6.07, 6.45) is 2.04. The topological polar surface area (TPSA) is 70.8 Å². The fourth-order valence-corrected chi connectivity index (χ4v) is 4.23. The molecule has 4 rings (SSSR count). The summed E-state index contributed by atoms with van der Waals surface area (Å²) < 4.78 is 19.2. The van der Waals surface area contributed by atoms with Crippen molar-refractivity contribution in [2.75, 3.05) is 6.54 Å². The predicted octanol–water partition coefficient (Wildman–Crippen LogP) is 5.71. The molecule has 0 bridgehead atoms. The lowest BCUT2D eigenvalue weighted by atomic mass is 10.1. The van der Waals surface area contributed by atoms with E-state index in [1.54, 1.807) is 53.4 Å². The van der Waals surface area contributed by atoms with E-state index in [9.17, 15) is 18.8 Å². The molecule has 0 saturated carbocycles. The van der Waals surface area contributed by atoms with Crippen LogP contribution in [-0.4, -0.2) is 34.2 Å². The monoisotopic (exact) mass is 514 g/mol. The number of fused-ring (bicyclic) bond motifs is 1. The normalized spacial score (nSPS) is 11.8. The summed E-state index contributed by atoms with van der Waals surface area (Å²) in [6, 6.07) is 19.8. The molecule has 196 valence electrons. The number of rotatable bonds is 9. The summed E-state index contributed by atoms with van der Waals surface area (Å²) in [5.41, 5.74) is 2.79. The van der Waals surface area contributed by atoms with Crippen LogP contribution in [0.2, 0.25) is 0 Å². The Morgan fingerprint density at radius 2 is 1.63 bits per heavy atom. The van der Waals surface area contributed by atoms with Crippen LogP contribution in [0.4, 0.5) is 4.39 Å². The minimum Gasteiger partial charge on any atom is -0.464 e. The summed E-state index contributed by atoms with van der Waals surface area (Å²) in [5, 5.41) is 0.426. The first kappa shape index (κ1) is 26.8. The smallest absolute Gasteiger partial charge is 0.254 e. The molecular weight excluding hydrogens is 483 g/mol. The van der Waals surface area contributed by atoms with Crippen molar-refractivity contribution in [3.63, 3.8) is 0 Å². The van der Waals surface area contributed by atoms with E-state index in [1.165, 1.54) is 23.3 Å². The lowest BCUT2D eigenvalue weighted by Crippen LogP contribution is -2.46. The lowest BCUT2D eigenvalue weighted by molar-refractivity contribution is -0.133. The second kappa shape index (κ2) is 11.9. The van der Waals surface area contributed by atoms with Gasteiger partial charge in [-0.05, 0) is 62.2 Å². The van der Waals surface area contributed by atoms with Gasteiger partial charge in [0.25, 0.3) is 5.91 Å². The minimum atomic E-state index is -0.381. The third-order valence-corrected chi connectivity index (χ3v) is 6.74. The molecule has 0 radical (unpaired) electrons. The van der Waals surface area contributed by atoms with Crippen molar-refractivity contribution in [3.8, 4) is 0 Å². The minimum absolute atomic E-state index is 0.0174. The van der Waals surface area contributed by atoms with Gasteiger partial charge in [-0.25, -0.2) is 4.39 Å². The highest BCUT2D eigenvalue weighted by atomic mass is 19.1. The maximum absolute atomic E-state index is 13.7. The second-order valence-electron chi connectivity index (χ2n) is 9.52. The third-order valence-electron chi connectivity index (χ3n) is 6.74. The molecule has 0 spiro atoms. The molecule has 0 saturated heterocycles. The van der Waals surface area contributed by atoms with Crippen molar-refractivity contribution >= 4 is 22.8 Å². The van der Waals surface area contributed by atoms with Gasteiger partial charge < -0.3 is 14.2 Å². The Balaban J connectivity index is 1.65. The van der Waals surface area contributed by atoms with Gasteiger partial charge in [0.05, 0.1) is 23.8 Å². The number of hydrogen-bond donors (Lipinski definition) is 0. The number of carbonyl (C=O) groups is 2. The average molecular weight is 515 g/mol. The van der Waals surface area contributed by atoms with Crippen molar-refractivity contribution in [2.24, 2.45) is 0 Å². The largest absolute Gasteiger partial charge is 0.464 e. The number of hydrogen-bond acceptors (Lipinski definition) is 4. The van der Waals surface area contributed by atoms with Crippen LogP contribution in [-0.2, 0) is 17.9 Å². The van der Waals surface area contributed by atoms with Gasteiger partial charge in [-0.15, -0.1) is 0 Å². The summed E-state index contributed by atoms with van der Waals surface area (Å²) in [4.78, 5) is 43.4. The van der Waals surface area contributed by atoms with E-state index >= 15 is 0 Å². The van der Waals surface area contributed by atoms with Crippen LogP contribution in [0.5, 0.6) is 0 Å². The van der Waals surface area contributed by atoms with Gasteiger partial charge in [-0.2, -0.15) is 0 Å². The van der Waals surface area contributed by atoms with Gasteiger partial charge >= 0.3 is 0 Å². The molecule has 0 aliphatic heterocycles. The van der Waals surface area contributed by atoms with Crippen LogP contribution in [0.3, 0.4) is 0 Å². The SMILES string of the molecule is CCC(C)N(CC(=O)N(Cc1ccc(F)cc1)Cc1coc2ccccc2c1=O)C(=O)c1ccc(C)cc1. The molecule has 3 aromatic carbocycles. The first-order valence-electron chi connectivity index (χ1n) is 12.7. The predicted molar refractivity (Wildman–Crippen MR) is 145 cm³/mol. The number of para-hydroxylation sites is 1. The quantitative estimate of drug-likeness (QED) is 0.287. The Labute approximate surface area is 221 Å². The van der Waals surface area contributed by atoms with Gasteiger partial charge in [0.1, 0.15) is 17.9 Å². The van der Waals surface area contributed by atoms with Crippen molar-refractivity contribution in [2.45, 2.75) is 46.3 Å². The molecule has 1 heterocycles. The zero-order chi connectivity index (χ0) is 27.2. The zero-order valence-electron chi connectivity index (χ0n) is 21.8. The molecule has 1 aromatic heterocycles. The molecule has 38 heavy (non-hydrogen) atoms. The Morgan fingerprint density at radius 1 is 0.947 bits per heavy atom. The molecular formula is C31H31FN2O4. The molecule has 0 aliphatic rings. The van der Waals surface area contributed by atoms with Gasteiger partial charge in [0.2, 0.25) is 5.91 Å². The molecule has 1 atom stereocenters. The van der Waals surface area contributed by atoms with Gasteiger partial charge in [-0.3, -0.25) is 14.4 Å². The molecule has 2 amide bonds. The van der Waals surface area contributed by atoms with Crippen LogP contribution in [0, 0.1) is 12.7 Å². The van der Waals surface area contributed by atoms with E-state index in [0.717, 1.165) is 5.56 Å². The Kier molecular flexibility index (Phi) is 8.36. The summed E-state index contributed by atoms with van der Waals surface area (Å²) >= 11 is 0. The molecule has 6 nitrogen and oxygen atoms in total. The van der Waals surface area contributed by atoms with E-state index in [4.69, 9.17) is 4.42 Å². The molecule has 0 fully saturated rings. The standard InChI is InChI=1S/C31H31FN2O4/c1-4-22(3)34(31(37)24-13-9-21(2)10-14-24)19-29(35)33(17-23-11-15-26(32)16-12-23)18-25-20-38-28-8-6-5-7-27(28)30(25)36/h5-16,20,22H,4,17-19H2,1-3H3. The van der Waals surface area contributed by atoms with Crippen LogP contribution < -0.4 is 5.43 Å². The zero-order valence-corrected chi connectivity index (χ0v) is 21.8. The van der Waals surface area contributed by atoms with Gasteiger partial charge in [0.15, 0.2) is 5.43 Å². The lowest BCUT2D eigenvalue weighted by Gasteiger charge is -2.31. The van der Waals surface area contributed by atoms with Crippen LogP contribution in [0.1, 0.15) is 47.3 Å². The highest BCUT2D eigenvalue weighted by Crippen LogP contribution is 2.17. The summed E-state index contributed by atoms with van der Waals surface area (Å²) in [6.45, 7) is 5.76. The number of benzene rings is 3. The molecule has 0 aliphatic carbocycles.